The molecular weight excluding hydrogens is 480 g/mol. The molecule has 3 saturated heterocycles. The van der Waals surface area contributed by atoms with Gasteiger partial charge in [-0.15, -0.1) is 0 Å². The molecule has 0 aromatic rings. The van der Waals surface area contributed by atoms with Crippen molar-refractivity contribution in [3.05, 3.63) is 0 Å². The van der Waals surface area contributed by atoms with Gasteiger partial charge in [-0.05, 0) is 52.9 Å². The molecule has 4 unspecified atom stereocenters. The number of carboxylic acid groups (broad SMARTS) is 1. The SMILES string of the molecule is CC1C(N2CCN(CC(=O)O)CC2)OC(=O)N1CCCCC1CCN(C(=O)OC(C)(C)C)C(C(=N)N)C1. The van der Waals surface area contributed by atoms with Gasteiger partial charge in [-0.3, -0.25) is 24.9 Å². The van der Waals surface area contributed by atoms with Gasteiger partial charge in [0.1, 0.15) is 11.4 Å². The number of nitrogens with two attached hydrogens (primary N) is 1. The Kier molecular flexibility index (Phi) is 9.63. The van der Waals surface area contributed by atoms with E-state index in [0.29, 0.717) is 51.6 Å². The van der Waals surface area contributed by atoms with Gasteiger partial charge in [0.25, 0.3) is 0 Å². The van der Waals surface area contributed by atoms with E-state index in [2.05, 4.69) is 4.90 Å². The van der Waals surface area contributed by atoms with Crippen LogP contribution in [0.15, 0.2) is 0 Å². The molecule has 12 heteroatoms. The minimum absolute atomic E-state index is 0.0148. The van der Waals surface area contributed by atoms with Crippen LogP contribution in [0.3, 0.4) is 0 Å². The molecule has 3 aliphatic rings. The fraction of sp³-hybridized carbons (Fsp3) is 0.840. The molecule has 0 aliphatic carbocycles. The van der Waals surface area contributed by atoms with E-state index in [1.54, 1.807) is 9.80 Å². The first-order chi connectivity index (χ1) is 17.4. The molecule has 4 atom stereocenters. The second-order valence-corrected chi connectivity index (χ2v) is 11.4. The highest BCUT2D eigenvalue weighted by Crippen LogP contribution is 2.29. The zero-order valence-electron chi connectivity index (χ0n) is 22.6. The summed E-state index contributed by atoms with van der Waals surface area (Å²) in [5.74, 6) is -0.491. The quantitative estimate of drug-likeness (QED) is 0.233. The van der Waals surface area contributed by atoms with Crippen molar-refractivity contribution >= 4 is 24.0 Å². The summed E-state index contributed by atoms with van der Waals surface area (Å²) in [5, 5.41) is 17.0. The van der Waals surface area contributed by atoms with Gasteiger partial charge in [-0.25, -0.2) is 9.59 Å². The van der Waals surface area contributed by atoms with Gasteiger partial charge in [0.05, 0.1) is 18.6 Å². The van der Waals surface area contributed by atoms with Crippen molar-refractivity contribution in [2.45, 2.75) is 83.7 Å². The number of likely N-dealkylation sites (tertiary alicyclic amines) is 1. The number of amidine groups is 1. The van der Waals surface area contributed by atoms with Crippen molar-refractivity contribution in [3.63, 3.8) is 0 Å². The van der Waals surface area contributed by atoms with Crippen LogP contribution in [0, 0.1) is 11.3 Å². The number of carbonyl (C=O) groups excluding carboxylic acids is 2. The highest BCUT2D eigenvalue weighted by Gasteiger charge is 2.42. The van der Waals surface area contributed by atoms with Crippen LogP contribution in [-0.4, -0.2) is 118 Å². The lowest BCUT2D eigenvalue weighted by atomic mass is 9.86. The molecule has 0 bridgehead atoms. The number of amides is 2. The van der Waals surface area contributed by atoms with Crippen LogP contribution in [0.2, 0.25) is 0 Å². The van der Waals surface area contributed by atoms with Crippen LogP contribution in [0.1, 0.15) is 59.8 Å². The Balaban J connectivity index is 1.41. The Bertz CT molecular complexity index is 840. The molecule has 3 fully saturated rings. The first kappa shape index (κ1) is 29.0. The van der Waals surface area contributed by atoms with Crippen LogP contribution in [0.4, 0.5) is 9.59 Å². The van der Waals surface area contributed by atoms with Crippen molar-refractivity contribution in [1.29, 1.82) is 5.41 Å². The lowest BCUT2D eigenvalue weighted by molar-refractivity contribution is -0.139. The smallest absolute Gasteiger partial charge is 0.411 e. The molecule has 37 heavy (non-hydrogen) atoms. The summed E-state index contributed by atoms with van der Waals surface area (Å²) in [6, 6.07) is -0.517. The normalized spacial score (nSPS) is 27.7. The summed E-state index contributed by atoms with van der Waals surface area (Å²) < 4.78 is 11.2. The summed E-state index contributed by atoms with van der Waals surface area (Å²) >= 11 is 0. The van der Waals surface area contributed by atoms with Crippen molar-refractivity contribution in [2.24, 2.45) is 11.7 Å². The van der Waals surface area contributed by atoms with Crippen molar-refractivity contribution in [3.8, 4) is 0 Å². The Morgan fingerprint density at radius 3 is 2.43 bits per heavy atom. The topological polar surface area (TPSA) is 153 Å². The van der Waals surface area contributed by atoms with Crippen molar-refractivity contribution in [2.75, 3.05) is 45.8 Å². The lowest BCUT2D eigenvalue weighted by Gasteiger charge is -2.39. The van der Waals surface area contributed by atoms with Gasteiger partial charge < -0.3 is 25.2 Å². The average molecular weight is 525 g/mol. The largest absolute Gasteiger partial charge is 0.480 e. The third-order valence-corrected chi connectivity index (χ3v) is 7.45. The predicted octanol–water partition coefficient (Wildman–Crippen LogP) is 1.98. The lowest BCUT2D eigenvalue weighted by Crippen LogP contribution is -2.54. The second-order valence-electron chi connectivity index (χ2n) is 11.4. The first-order valence-electron chi connectivity index (χ1n) is 13.3. The van der Waals surface area contributed by atoms with E-state index in [1.807, 2.05) is 32.6 Å². The van der Waals surface area contributed by atoms with Crippen LogP contribution in [0.5, 0.6) is 0 Å². The molecule has 210 valence electrons. The fourth-order valence-electron chi connectivity index (χ4n) is 5.48. The van der Waals surface area contributed by atoms with Crippen LogP contribution in [-0.2, 0) is 14.3 Å². The predicted molar refractivity (Wildman–Crippen MR) is 137 cm³/mol. The zero-order chi connectivity index (χ0) is 27.3. The Labute approximate surface area is 219 Å². The van der Waals surface area contributed by atoms with Gasteiger partial charge >= 0.3 is 18.2 Å². The van der Waals surface area contributed by atoms with E-state index in [9.17, 15) is 14.4 Å². The Morgan fingerprint density at radius 1 is 1.16 bits per heavy atom. The maximum atomic E-state index is 12.6. The average Bonchev–Trinajstić information content (AvgIpc) is 3.08. The molecule has 0 spiro atoms. The third-order valence-electron chi connectivity index (χ3n) is 7.45. The van der Waals surface area contributed by atoms with E-state index in [-0.39, 0.29) is 30.7 Å². The highest BCUT2D eigenvalue weighted by molar-refractivity contribution is 5.86. The maximum absolute atomic E-state index is 12.6. The maximum Gasteiger partial charge on any atom is 0.411 e. The third kappa shape index (κ3) is 7.94. The van der Waals surface area contributed by atoms with Crippen molar-refractivity contribution < 1.29 is 29.0 Å². The number of cyclic esters (lactones) is 1. The minimum atomic E-state index is -0.828. The Morgan fingerprint density at radius 2 is 1.84 bits per heavy atom. The number of piperazine rings is 1. The number of nitrogens with one attached hydrogen (secondary N) is 1. The summed E-state index contributed by atoms with van der Waals surface area (Å²) in [7, 11) is 0. The van der Waals surface area contributed by atoms with Gasteiger partial charge in [-0.1, -0.05) is 12.8 Å². The second kappa shape index (κ2) is 12.3. The molecule has 0 radical (unpaired) electrons. The number of nitrogens with zero attached hydrogens (tertiary/aromatic N) is 4. The summed E-state index contributed by atoms with van der Waals surface area (Å²) in [5.41, 5.74) is 5.24. The molecule has 0 saturated carbocycles. The molecule has 3 aliphatic heterocycles. The number of unbranched alkanes of at least 4 members (excludes halogenated alkanes) is 1. The van der Waals surface area contributed by atoms with Crippen LogP contribution < -0.4 is 5.73 Å². The van der Waals surface area contributed by atoms with Crippen molar-refractivity contribution in [1.82, 2.24) is 19.6 Å². The first-order valence-corrected chi connectivity index (χ1v) is 13.3. The summed E-state index contributed by atoms with van der Waals surface area (Å²) in [6.07, 6.45) is 3.16. The monoisotopic (exact) mass is 524 g/mol. The number of hydrogen-bond acceptors (Lipinski definition) is 8. The van der Waals surface area contributed by atoms with Gasteiger partial charge in [-0.2, -0.15) is 0 Å². The fourth-order valence-corrected chi connectivity index (χ4v) is 5.48. The number of carboxylic acids is 1. The number of hydrogen-bond donors (Lipinski definition) is 3. The number of piperidine rings is 1. The Hall–Kier alpha value is -2.60. The molecule has 0 aromatic carbocycles. The summed E-state index contributed by atoms with van der Waals surface area (Å²) in [4.78, 5) is 43.5. The summed E-state index contributed by atoms with van der Waals surface area (Å²) in [6.45, 7) is 11.2. The number of carbonyl (C=O) groups is 3. The van der Waals surface area contributed by atoms with E-state index in [4.69, 9.17) is 25.7 Å². The molecule has 12 nitrogen and oxygen atoms in total. The van der Waals surface area contributed by atoms with E-state index < -0.39 is 23.7 Å². The van der Waals surface area contributed by atoms with E-state index in [0.717, 1.165) is 25.7 Å². The molecular formula is C25H44N6O6. The molecule has 4 N–H and O–H groups in total. The molecule has 0 aromatic heterocycles. The van der Waals surface area contributed by atoms with Crippen LogP contribution >= 0.6 is 0 Å². The molecule has 2 amide bonds. The number of rotatable bonds is 9. The molecule has 3 heterocycles. The highest BCUT2D eigenvalue weighted by atomic mass is 16.6. The number of ether oxygens (including phenoxy) is 2. The van der Waals surface area contributed by atoms with Gasteiger partial charge in [0, 0.05) is 39.3 Å². The van der Waals surface area contributed by atoms with Gasteiger partial charge in [0.15, 0.2) is 6.23 Å². The standard InChI is InChI=1S/C25H44N6O6/c1-17-22(29-13-11-28(12-14-29)16-20(32)33)36-23(34)30(17)9-6-5-7-18-8-10-31(19(15-18)21(26)27)24(35)37-25(2,3)4/h17-19,22H,5-16H2,1-4H3,(H3,26,27)(H,32,33). The minimum Gasteiger partial charge on any atom is -0.480 e. The zero-order valence-corrected chi connectivity index (χ0v) is 22.6. The van der Waals surface area contributed by atoms with Gasteiger partial charge in [0.2, 0.25) is 0 Å². The van der Waals surface area contributed by atoms with Crippen LogP contribution in [0.25, 0.3) is 0 Å². The number of aliphatic carboxylic acids is 1. The van der Waals surface area contributed by atoms with E-state index in [1.165, 1.54) is 0 Å². The van der Waals surface area contributed by atoms with E-state index >= 15 is 0 Å². The molecule has 3 rings (SSSR count).